The highest BCUT2D eigenvalue weighted by molar-refractivity contribution is 6.29. The minimum Gasteiger partial charge on any atom is -0.368 e. The number of halogens is 4. The molecule has 3 rings (SSSR count). The lowest BCUT2D eigenvalue weighted by Gasteiger charge is -2.40. The Labute approximate surface area is 161 Å². The van der Waals surface area contributed by atoms with Crippen molar-refractivity contribution in [3.05, 3.63) is 46.6 Å². The molecule has 2 aromatic rings. The van der Waals surface area contributed by atoms with Crippen molar-refractivity contribution >= 4 is 22.6 Å². The van der Waals surface area contributed by atoms with Crippen LogP contribution in [0.4, 0.5) is 13.2 Å². The lowest BCUT2D eigenvalue weighted by atomic mass is 10.2. The second-order valence-corrected chi connectivity index (χ2v) is 6.63. The van der Waals surface area contributed by atoms with Crippen molar-refractivity contribution < 1.29 is 13.2 Å². The Morgan fingerprint density at radius 3 is 2.30 bits per heavy atom. The molecule has 0 atom stereocenters. The van der Waals surface area contributed by atoms with E-state index < -0.39 is 11.7 Å². The molecule has 1 aliphatic heterocycles. The van der Waals surface area contributed by atoms with E-state index in [2.05, 4.69) is 27.9 Å². The molecule has 2 heterocycles. The fourth-order valence-electron chi connectivity index (χ4n) is 3.05. The standard InChI is InChI=1S/C17H20ClF3N4.C2H2/c1-3-14(10-12(2)18)23-6-8-24(9-7-23)25-16-5-4-13(17(19,20)21)11-15(16)22-25;1-2/h3-5,10-11,22H,6-9H2,1-2H3;1-2H/b12-10+,14-3+;. The van der Waals surface area contributed by atoms with Gasteiger partial charge in [-0.2, -0.15) is 18.0 Å². The number of nitrogens with zero attached hydrogens (tertiary/aromatic N) is 3. The largest absolute Gasteiger partial charge is 0.416 e. The maximum absolute atomic E-state index is 12.7. The van der Waals surface area contributed by atoms with Crippen LogP contribution in [-0.4, -0.2) is 41.0 Å². The van der Waals surface area contributed by atoms with Crippen molar-refractivity contribution in [2.45, 2.75) is 20.0 Å². The first-order valence-corrected chi connectivity index (χ1v) is 8.78. The van der Waals surface area contributed by atoms with Crippen molar-refractivity contribution in [1.29, 1.82) is 0 Å². The summed E-state index contributed by atoms with van der Waals surface area (Å²) in [4.78, 5) is 4.07. The van der Waals surface area contributed by atoms with Gasteiger partial charge in [0.25, 0.3) is 0 Å². The number of terminal acetylenes is 1. The highest BCUT2D eigenvalue weighted by Gasteiger charge is 2.31. The van der Waals surface area contributed by atoms with Crippen LogP contribution in [0, 0.1) is 12.8 Å². The SMILES string of the molecule is C#C.C/C=C(\C=C(/C)Cl)N1CCN(n2[nH]c3cc(C(F)(F)F)ccc32)CC1. The Hall–Kier alpha value is -2.46. The summed E-state index contributed by atoms with van der Waals surface area (Å²) >= 11 is 5.97. The van der Waals surface area contributed by atoms with Crippen molar-refractivity contribution in [3.8, 4) is 12.8 Å². The molecule has 0 spiro atoms. The summed E-state index contributed by atoms with van der Waals surface area (Å²) in [5.74, 6) is 0. The first kappa shape index (κ1) is 20.8. The van der Waals surface area contributed by atoms with E-state index in [1.165, 1.54) is 6.07 Å². The van der Waals surface area contributed by atoms with E-state index >= 15 is 0 Å². The van der Waals surface area contributed by atoms with Gasteiger partial charge >= 0.3 is 6.18 Å². The third-order valence-electron chi connectivity index (χ3n) is 4.33. The van der Waals surface area contributed by atoms with Gasteiger partial charge in [-0.1, -0.05) is 17.7 Å². The van der Waals surface area contributed by atoms with Crippen LogP contribution in [0.1, 0.15) is 19.4 Å². The molecule has 8 heteroatoms. The Kier molecular flexibility index (Phi) is 6.55. The fourth-order valence-corrected chi connectivity index (χ4v) is 3.16. The summed E-state index contributed by atoms with van der Waals surface area (Å²) in [6, 6.07) is 3.78. The average molecular weight is 399 g/mol. The minimum absolute atomic E-state index is 0.507. The molecule has 0 unspecified atom stereocenters. The Balaban J connectivity index is 0.00000126. The molecule has 1 fully saturated rings. The highest BCUT2D eigenvalue weighted by Crippen LogP contribution is 2.31. The summed E-state index contributed by atoms with van der Waals surface area (Å²) in [6.07, 6.45) is 7.64. The minimum atomic E-state index is -4.32. The molecule has 1 N–H and O–H groups in total. The molecule has 1 aliphatic rings. The quantitative estimate of drug-likeness (QED) is 0.607. The number of allylic oxidation sites excluding steroid dienone is 3. The predicted molar refractivity (Wildman–Crippen MR) is 104 cm³/mol. The van der Waals surface area contributed by atoms with Crippen LogP contribution in [0.15, 0.2) is 41.1 Å². The number of alkyl halides is 3. The number of piperazine rings is 1. The molecule has 27 heavy (non-hydrogen) atoms. The van der Waals surface area contributed by atoms with Crippen molar-refractivity contribution in [2.24, 2.45) is 0 Å². The molecule has 1 aromatic heterocycles. The summed E-state index contributed by atoms with van der Waals surface area (Å²) in [5.41, 5.74) is 1.72. The number of aromatic amines is 1. The monoisotopic (exact) mass is 398 g/mol. The van der Waals surface area contributed by atoms with E-state index in [0.717, 1.165) is 54.6 Å². The summed E-state index contributed by atoms with van der Waals surface area (Å²) in [5, 5.41) is 5.81. The summed E-state index contributed by atoms with van der Waals surface area (Å²) < 4.78 is 38.2. The first-order chi connectivity index (χ1) is 12.8. The van der Waals surface area contributed by atoms with Crippen LogP contribution in [0.25, 0.3) is 11.0 Å². The van der Waals surface area contributed by atoms with Gasteiger partial charge < -0.3 is 4.90 Å². The number of benzene rings is 1. The molecule has 0 radical (unpaired) electrons. The van der Waals surface area contributed by atoms with Crippen molar-refractivity contribution in [2.75, 3.05) is 31.2 Å². The lowest BCUT2D eigenvalue weighted by Crippen LogP contribution is -2.52. The molecule has 4 nitrogen and oxygen atoms in total. The summed E-state index contributed by atoms with van der Waals surface area (Å²) in [7, 11) is 0. The van der Waals surface area contributed by atoms with Gasteiger partial charge in [-0.25, -0.2) is 0 Å². The molecule has 0 amide bonds. The number of hydrogen-bond acceptors (Lipinski definition) is 2. The van der Waals surface area contributed by atoms with Gasteiger partial charge in [-0.05, 0) is 38.1 Å². The zero-order valence-corrected chi connectivity index (χ0v) is 16.0. The van der Waals surface area contributed by atoms with E-state index in [9.17, 15) is 13.2 Å². The third kappa shape index (κ3) is 4.64. The second kappa shape index (κ2) is 8.49. The van der Waals surface area contributed by atoms with E-state index in [1.807, 2.05) is 30.8 Å². The number of aromatic nitrogens is 2. The number of hydrogen-bond donors (Lipinski definition) is 1. The third-order valence-corrected chi connectivity index (χ3v) is 4.43. The smallest absolute Gasteiger partial charge is 0.368 e. The zero-order valence-electron chi connectivity index (χ0n) is 15.2. The molecule has 1 saturated heterocycles. The van der Waals surface area contributed by atoms with Gasteiger partial charge in [-0.15, -0.1) is 12.8 Å². The van der Waals surface area contributed by atoms with Gasteiger partial charge in [0.05, 0.1) is 24.2 Å². The maximum atomic E-state index is 12.7. The van der Waals surface area contributed by atoms with E-state index in [4.69, 9.17) is 11.6 Å². The van der Waals surface area contributed by atoms with Crippen LogP contribution < -0.4 is 5.01 Å². The number of rotatable bonds is 3. The molecule has 146 valence electrons. The Morgan fingerprint density at radius 1 is 1.19 bits per heavy atom. The highest BCUT2D eigenvalue weighted by atomic mass is 35.5. The van der Waals surface area contributed by atoms with Gasteiger partial charge in [0.2, 0.25) is 0 Å². The second-order valence-electron chi connectivity index (χ2n) is 6.04. The normalized spacial score (nSPS) is 16.4. The molecule has 0 aliphatic carbocycles. The molecular formula is C19H22ClF3N4. The van der Waals surface area contributed by atoms with Gasteiger partial charge in [0, 0.05) is 23.8 Å². The van der Waals surface area contributed by atoms with Crippen LogP contribution in [0.5, 0.6) is 0 Å². The van der Waals surface area contributed by atoms with Gasteiger partial charge in [0.15, 0.2) is 0 Å². The number of fused-ring (bicyclic) bond motifs is 1. The average Bonchev–Trinajstić information content (AvgIpc) is 2.62. The molecule has 0 saturated carbocycles. The van der Waals surface area contributed by atoms with Crippen LogP contribution in [-0.2, 0) is 6.18 Å². The number of nitrogens with one attached hydrogen (secondary N) is 1. The topological polar surface area (TPSA) is 27.2 Å². The lowest BCUT2D eigenvalue weighted by molar-refractivity contribution is -0.137. The maximum Gasteiger partial charge on any atom is 0.416 e. The fraction of sp³-hybridized carbons (Fsp3) is 0.368. The van der Waals surface area contributed by atoms with Crippen molar-refractivity contribution in [1.82, 2.24) is 14.8 Å². The zero-order chi connectivity index (χ0) is 20.2. The molecular weight excluding hydrogens is 377 g/mol. The molecule has 0 bridgehead atoms. The van der Waals surface area contributed by atoms with E-state index in [-0.39, 0.29) is 0 Å². The van der Waals surface area contributed by atoms with E-state index in [1.54, 1.807) is 0 Å². The van der Waals surface area contributed by atoms with Crippen LogP contribution in [0.2, 0.25) is 0 Å². The van der Waals surface area contributed by atoms with Crippen LogP contribution >= 0.6 is 11.6 Å². The molecule has 1 aromatic carbocycles. The predicted octanol–water partition coefficient (Wildman–Crippen LogP) is 4.54. The number of H-pyrrole nitrogens is 1. The van der Waals surface area contributed by atoms with Gasteiger partial charge in [0.1, 0.15) is 5.52 Å². The Morgan fingerprint density at radius 2 is 1.81 bits per heavy atom. The van der Waals surface area contributed by atoms with E-state index in [0.29, 0.717) is 5.52 Å². The Bertz CT molecular complexity index is 845. The van der Waals surface area contributed by atoms with Gasteiger partial charge in [-0.3, -0.25) is 10.1 Å². The van der Waals surface area contributed by atoms with Crippen LogP contribution in [0.3, 0.4) is 0 Å². The van der Waals surface area contributed by atoms with Crippen molar-refractivity contribution in [3.63, 3.8) is 0 Å². The summed E-state index contributed by atoms with van der Waals surface area (Å²) in [6.45, 7) is 6.98. The first-order valence-electron chi connectivity index (χ1n) is 8.41.